The van der Waals surface area contributed by atoms with Gasteiger partial charge in [-0.05, 0) is 31.2 Å². The van der Waals surface area contributed by atoms with Gasteiger partial charge < -0.3 is 9.88 Å². The van der Waals surface area contributed by atoms with Gasteiger partial charge in [-0.15, -0.1) is 0 Å². The van der Waals surface area contributed by atoms with Gasteiger partial charge in [-0.3, -0.25) is 4.79 Å². The summed E-state index contributed by atoms with van der Waals surface area (Å²) in [7, 11) is 2.09. The Kier molecular flexibility index (Phi) is 4.46. The number of para-hydroxylation sites is 1. The smallest absolute Gasteiger partial charge is 0.258 e. The van der Waals surface area contributed by atoms with E-state index in [1.165, 1.54) is 10.5 Å². The molecular formula is C18H19ClN3O+. The monoisotopic (exact) mass is 328 g/mol. The summed E-state index contributed by atoms with van der Waals surface area (Å²) in [5.41, 5.74) is 1.84. The highest BCUT2D eigenvalue weighted by atomic mass is 35.5. The van der Waals surface area contributed by atoms with E-state index in [2.05, 4.69) is 23.9 Å². The van der Waals surface area contributed by atoms with Crippen LogP contribution in [0.3, 0.4) is 0 Å². The Morgan fingerprint density at radius 2 is 1.87 bits per heavy atom. The van der Waals surface area contributed by atoms with Crippen LogP contribution in [0.1, 0.15) is 24.4 Å². The van der Waals surface area contributed by atoms with Gasteiger partial charge in [0.05, 0.1) is 18.0 Å². The quantitative estimate of drug-likeness (QED) is 0.772. The lowest BCUT2D eigenvalue weighted by Gasteiger charge is -2.21. The molecule has 2 N–H and O–H groups in total. The summed E-state index contributed by atoms with van der Waals surface area (Å²) in [5.74, 6) is 0.708. The van der Waals surface area contributed by atoms with Crippen molar-refractivity contribution in [2.75, 3.05) is 7.05 Å². The van der Waals surface area contributed by atoms with Crippen molar-refractivity contribution in [3.63, 3.8) is 0 Å². The molecule has 0 saturated carbocycles. The molecule has 0 amide bonds. The average Bonchev–Trinajstić information content (AvgIpc) is 2.56. The van der Waals surface area contributed by atoms with Gasteiger partial charge in [0.1, 0.15) is 12.6 Å². The summed E-state index contributed by atoms with van der Waals surface area (Å²) in [6, 6.07) is 15.3. The fourth-order valence-corrected chi connectivity index (χ4v) is 2.75. The van der Waals surface area contributed by atoms with Crippen molar-refractivity contribution in [2.45, 2.75) is 19.5 Å². The molecule has 0 aliphatic rings. The molecule has 0 radical (unpaired) electrons. The van der Waals surface area contributed by atoms with Gasteiger partial charge in [0.2, 0.25) is 0 Å². The number of nitrogens with one attached hydrogen (secondary N) is 2. The molecule has 3 aromatic rings. The van der Waals surface area contributed by atoms with Crippen LogP contribution < -0.4 is 10.5 Å². The van der Waals surface area contributed by atoms with E-state index >= 15 is 0 Å². The number of hydrogen-bond acceptors (Lipinski definition) is 2. The van der Waals surface area contributed by atoms with Crippen LogP contribution in [0, 0.1) is 0 Å². The number of quaternary nitrogens is 1. The lowest BCUT2D eigenvalue weighted by Crippen LogP contribution is -3.07. The Balaban J connectivity index is 1.85. The maximum atomic E-state index is 12.2. The standard InChI is InChI=1S/C18H18ClN3O/c1-12(22(2)11-13-7-9-14(19)10-8-13)17-20-16-6-4-3-5-15(16)18(23)21-17/h3-10,12H,11H2,1-2H3,(H,20,21,23)/p+1/t12-/m0/s1. The van der Waals surface area contributed by atoms with Crippen molar-refractivity contribution in [2.24, 2.45) is 0 Å². The molecule has 1 heterocycles. The second-order valence-corrected chi connectivity index (χ2v) is 6.28. The zero-order chi connectivity index (χ0) is 16.4. The molecule has 0 spiro atoms. The third kappa shape index (κ3) is 3.44. The Bertz CT molecular complexity index is 873. The number of H-pyrrole nitrogens is 1. The minimum absolute atomic E-state index is 0.0722. The average molecular weight is 329 g/mol. The lowest BCUT2D eigenvalue weighted by atomic mass is 10.2. The first-order valence-corrected chi connectivity index (χ1v) is 7.98. The van der Waals surface area contributed by atoms with Crippen LogP contribution in [0.25, 0.3) is 10.9 Å². The highest BCUT2D eigenvalue weighted by Crippen LogP contribution is 2.11. The van der Waals surface area contributed by atoms with Crippen LogP contribution in [0.4, 0.5) is 0 Å². The van der Waals surface area contributed by atoms with Gasteiger partial charge in [-0.25, -0.2) is 4.98 Å². The van der Waals surface area contributed by atoms with Gasteiger partial charge in [0, 0.05) is 10.6 Å². The zero-order valence-electron chi connectivity index (χ0n) is 13.1. The van der Waals surface area contributed by atoms with E-state index in [0.717, 1.165) is 17.1 Å². The van der Waals surface area contributed by atoms with Crippen molar-refractivity contribution in [1.29, 1.82) is 0 Å². The third-order valence-electron chi connectivity index (χ3n) is 4.18. The first-order valence-electron chi connectivity index (χ1n) is 7.60. The Morgan fingerprint density at radius 3 is 2.61 bits per heavy atom. The van der Waals surface area contributed by atoms with Crippen LogP contribution in [0.15, 0.2) is 53.3 Å². The first kappa shape index (κ1) is 15.7. The fourth-order valence-electron chi connectivity index (χ4n) is 2.62. The van der Waals surface area contributed by atoms with Gasteiger partial charge >= 0.3 is 0 Å². The molecule has 5 heteroatoms. The molecule has 2 atom stereocenters. The molecule has 0 fully saturated rings. The van der Waals surface area contributed by atoms with E-state index in [1.54, 1.807) is 6.07 Å². The van der Waals surface area contributed by atoms with Gasteiger partial charge in [-0.1, -0.05) is 35.9 Å². The number of nitrogens with zero attached hydrogens (tertiary/aromatic N) is 1. The van der Waals surface area contributed by atoms with Crippen molar-refractivity contribution in [3.8, 4) is 0 Å². The Labute approximate surface area is 139 Å². The zero-order valence-corrected chi connectivity index (χ0v) is 13.9. The normalized spacial score (nSPS) is 13.9. The fraction of sp³-hybridized carbons (Fsp3) is 0.222. The molecule has 0 saturated heterocycles. The van der Waals surface area contributed by atoms with Crippen LogP contribution >= 0.6 is 11.6 Å². The van der Waals surface area contributed by atoms with Crippen molar-refractivity contribution in [1.82, 2.24) is 9.97 Å². The second kappa shape index (κ2) is 6.52. The number of aromatic nitrogens is 2. The number of aromatic amines is 1. The van der Waals surface area contributed by atoms with Crippen molar-refractivity contribution in [3.05, 3.63) is 75.3 Å². The summed E-state index contributed by atoms with van der Waals surface area (Å²) in [5, 5.41) is 1.36. The first-order chi connectivity index (χ1) is 11.0. The maximum Gasteiger partial charge on any atom is 0.258 e. The van der Waals surface area contributed by atoms with Crippen LogP contribution in [0.5, 0.6) is 0 Å². The molecule has 118 valence electrons. The van der Waals surface area contributed by atoms with Crippen LogP contribution in [-0.2, 0) is 6.54 Å². The van der Waals surface area contributed by atoms with Crippen molar-refractivity contribution >= 4 is 22.5 Å². The number of halogens is 1. The van der Waals surface area contributed by atoms with E-state index in [4.69, 9.17) is 11.6 Å². The van der Waals surface area contributed by atoms with E-state index in [-0.39, 0.29) is 11.6 Å². The molecule has 0 bridgehead atoms. The minimum Gasteiger partial charge on any atom is -0.325 e. The Hall–Kier alpha value is -2.17. The summed E-state index contributed by atoms with van der Waals surface area (Å²) in [6.45, 7) is 2.90. The van der Waals surface area contributed by atoms with Gasteiger partial charge in [-0.2, -0.15) is 0 Å². The van der Waals surface area contributed by atoms with Crippen molar-refractivity contribution < 1.29 is 4.90 Å². The predicted octanol–water partition coefficient (Wildman–Crippen LogP) is 2.35. The number of hydrogen-bond donors (Lipinski definition) is 2. The van der Waals surface area contributed by atoms with Gasteiger partial charge in [0.25, 0.3) is 5.56 Å². The highest BCUT2D eigenvalue weighted by molar-refractivity contribution is 6.30. The predicted molar refractivity (Wildman–Crippen MR) is 92.8 cm³/mol. The van der Waals surface area contributed by atoms with Crippen LogP contribution in [0.2, 0.25) is 5.02 Å². The lowest BCUT2D eigenvalue weighted by molar-refractivity contribution is -0.924. The Morgan fingerprint density at radius 1 is 1.17 bits per heavy atom. The number of rotatable bonds is 4. The van der Waals surface area contributed by atoms with Crippen LogP contribution in [-0.4, -0.2) is 17.0 Å². The van der Waals surface area contributed by atoms with E-state index in [9.17, 15) is 4.79 Å². The summed E-state index contributed by atoms with van der Waals surface area (Å²) >= 11 is 5.92. The molecule has 0 aliphatic heterocycles. The summed E-state index contributed by atoms with van der Waals surface area (Å²) in [6.07, 6.45) is 0. The molecule has 3 rings (SSSR count). The molecule has 1 aromatic heterocycles. The molecule has 1 unspecified atom stereocenters. The summed E-state index contributed by atoms with van der Waals surface area (Å²) in [4.78, 5) is 21.0. The molecule has 2 aromatic carbocycles. The molecular weight excluding hydrogens is 310 g/mol. The number of fused-ring (bicyclic) bond motifs is 1. The largest absolute Gasteiger partial charge is 0.325 e. The highest BCUT2D eigenvalue weighted by Gasteiger charge is 2.19. The third-order valence-corrected chi connectivity index (χ3v) is 4.43. The SMILES string of the molecule is C[C@@H](c1nc2ccccc2c(=O)[nH]1)[NH+](C)Cc1ccc(Cl)cc1. The topological polar surface area (TPSA) is 50.2 Å². The molecule has 4 nitrogen and oxygen atoms in total. The maximum absolute atomic E-state index is 12.2. The van der Waals surface area contributed by atoms with E-state index < -0.39 is 0 Å². The minimum atomic E-state index is -0.0863. The number of benzene rings is 2. The van der Waals surface area contributed by atoms with E-state index in [0.29, 0.717) is 11.2 Å². The molecule has 0 aliphatic carbocycles. The van der Waals surface area contributed by atoms with E-state index in [1.807, 2.05) is 42.5 Å². The summed E-state index contributed by atoms with van der Waals surface area (Å²) < 4.78 is 0. The second-order valence-electron chi connectivity index (χ2n) is 5.84. The van der Waals surface area contributed by atoms with Gasteiger partial charge in [0.15, 0.2) is 5.82 Å². The molecule has 23 heavy (non-hydrogen) atoms.